The van der Waals surface area contributed by atoms with Gasteiger partial charge in [0.15, 0.2) is 0 Å². The molecule has 0 saturated carbocycles. The first-order valence-corrected chi connectivity index (χ1v) is 5.97. The van der Waals surface area contributed by atoms with Gasteiger partial charge in [-0.2, -0.15) is 0 Å². The Bertz CT molecular complexity index is 409. The lowest BCUT2D eigenvalue weighted by molar-refractivity contribution is -0.134. The average molecular weight is 252 g/mol. The van der Waals surface area contributed by atoms with E-state index < -0.39 is 6.04 Å². The minimum atomic E-state index is -0.539. The van der Waals surface area contributed by atoms with Gasteiger partial charge >= 0.3 is 0 Å². The van der Waals surface area contributed by atoms with Gasteiger partial charge in [0.25, 0.3) is 0 Å². The molecular weight excluding hydrogens is 231 g/mol. The summed E-state index contributed by atoms with van der Waals surface area (Å²) in [7, 11) is 1.71. The van der Waals surface area contributed by atoms with Crippen molar-refractivity contribution >= 4 is 5.91 Å². The third-order valence-corrected chi connectivity index (χ3v) is 2.91. The minimum absolute atomic E-state index is 0.105. The van der Waals surface area contributed by atoms with Crippen LogP contribution in [0.4, 0.5) is 4.39 Å². The topological polar surface area (TPSA) is 46.3 Å². The summed E-state index contributed by atoms with van der Waals surface area (Å²) in [6.07, 6.45) is 0. The zero-order valence-electron chi connectivity index (χ0n) is 11.4. The van der Waals surface area contributed by atoms with E-state index in [0.717, 1.165) is 5.56 Å². The maximum absolute atomic E-state index is 12.8. The summed E-state index contributed by atoms with van der Waals surface area (Å²) in [5.74, 6) is -0.383. The second kappa shape index (κ2) is 5.48. The van der Waals surface area contributed by atoms with Crippen LogP contribution in [0, 0.1) is 11.2 Å². The SMILES string of the molecule is CN(Cc1ccc(F)cc1)C(=O)C(N)C(C)(C)C. The van der Waals surface area contributed by atoms with Crippen molar-refractivity contribution in [3.05, 3.63) is 35.6 Å². The number of amides is 1. The van der Waals surface area contributed by atoms with Crippen molar-refractivity contribution in [3.8, 4) is 0 Å². The van der Waals surface area contributed by atoms with E-state index in [9.17, 15) is 9.18 Å². The van der Waals surface area contributed by atoms with Crippen LogP contribution in [0.3, 0.4) is 0 Å². The molecule has 18 heavy (non-hydrogen) atoms. The number of hydrogen-bond acceptors (Lipinski definition) is 2. The van der Waals surface area contributed by atoms with Gasteiger partial charge in [0.2, 0.25) is 5.91 Å². The van der Waals surface area contributed by atoms with E-state index in [1.165, 1.54) is 12.1 Å². The number of halogens is 1. The highest BCUT2D eigenvalue weighted by molar-refractivity contribution is 5.82. The normalized spacial score (nSPS) is 13.2. The molecule has 1 atom stereocenters. The highest BCUT2D eigenvalue weighted by Crippen LogP contribution is 2.19. The van der Waals surface area contributed by atoms with Crippen LogP contribution in [-0.2, 0) is 11.3 Å². The molecule has 1 aromatic rings. The fourth-order valence-corrected chi connectivity index (χ4v) is 1.55. The standard InChI is InChI=1S/C14H21FN2O/c1-14(2,3)12(16)13(18)17(4)9-10-5-7-11(15)8-6-10/h5-8,12H,9,16H2,1-4H3. The lowest BCUT2D eigenvalue weighted by atomic mass is 9.86. The summed E-state index contributed by atoms with van der Waals surface area (Å²) in [5, 5.41) is 0. The molecule has 1 rings (SSSR count). The maximum atomic E-state index is 12.8. The van der Waals surface area contributed by atoms with Crippen LogP contribution in [-0.4, -0.2) is 23.9 Å². The summed E-state index contributed by atoms with van der Waals surface area (Å²) in [6.45, 7) is 6.23. The van der Waals surface area contributed by atoms with Gasteiger partial charge in [0.1, 0.15) is 5.82 Å². The van der Waals surface area contributed by atoms with Crippen molar-refractivity contribution in [2.45, 2.75) is 33.4 Å². The molecule has 0 spiro atoms. The van der Waals surface area contributed by atoms with Crippen molar-refractivity contribution in [1.82, 2.24) is 4.90 Å². The van der Waals surface area contributed by atoms with Crippen LogP contribution in [0.5, 0.6) is 0 Å². The second-order valence-electron chi connectivity index (χ2n) is 5.66. The largest absolute Gasteiger partial charge is 0.340 e. The van der Waals surface area contributed by atoms with Gasteiger partial charge in [0.05, 0.1) is 6.04 Å². The monoisotopic (exact) mass is 252 g/mol. The van der Waals surface area contributed by atoms with Gasteiger partial charge in [-0.1, -0.05) is 32.9 Å². The fourth-order valence-electron chi connectivity index (χ4n) is 1.55. The molecule has 0 radical (unpaired) electrons. The number of nitrogens with two attached hydrogens (primary N) is 1. The zero-order valence-corrected chi connectivity index (χ0v) is 11.4. The summed E-state index contributed by atoms with van der Waals surface area (Å²) in [4.78, 5) is 13.7. The first-order valence-electron chi connectivity index (χ1n) is 5.97. The van der Waals surface area contributed by atoms with Crippen molar-refractivity contribution in [3.63, 3.8) is 0 Å². The summed E-state index contributed by atoms with van der Waals surface area (Å²) in [6, 6.07) is 5.57. The van der Waals surface area contributed by atoms with Crippen LogP contribution in [0.1, 0.15) is 26.3 Å². The zero-order chi connectivity index (χ0) is 13.9. The van der Waals surface area contributed by atoms with Crippen molar-refractivity contribution in [2.75, 3.05) is 7.05 Å². The molecule has 0 bridgehead atoms. The van der Waals surface area contributed by atoms with Crippen LogP contribution < -0.4 is 5.73 Å². The predicted octanol–water partition coefficient (Wildman–Crippen LogP) is 2.16. The van der Waals surface area contributed by atoms with E-state index in [4.69, 9.17) is 5.73 Å². The van der Waals surface area contributed by atoms with Crippen LogP contribution >= 0.6 is 0 Å². The molecule has 0 saturated heterocycles. The number of hydrogen-bond donors (Lipinski definition) is 1. The highest BCUT2D eigenvalue weighted by atomic mass is 19.1. The van der Waals surface area contributed by atoms with Gasteiger partial charge in [0, 0.05) is 13.6 Å². The molecule has 0 heterocycles. The number of nitrogens with zero attached hydrogens (tertiary/aromatic N) is 1. The van der Waals surface area contributed by atoms with E-state index in [1.807, 2.05) is 20.8 Å². The molecule has 4 heteroatoms. The molecule has 0 fully saturated rings. The Kier molecular flexibility index (Phi) is 4.46. The van der Waals surface area contributed by atoms with Gasteiger partial charge in [-0.25, -0.2) is 4.39 Å². The number of carbonyl (C=O) groups excluding carboxylic acids is 1. The Balaban J connectivity index is 2.68. The third-order valence-electron chi connectivity index (χ3n) is 2.91. The summed E-state index contributed by atoms with van der Waals surface area (Å²) in [5.41, 5.74) is 6.53. The van der Waals surface area contributed by atoms with Crippen molar-refractivity contribution in [2.24, 2.45) is 11.1 Å². The first-order chi connectivity index (χ1) is 8.21. The number of benzene rings is 1. The van der Waals surface area contributed by atoms with E-state index in [0.29, 0.717) is 6.54 Å². The van der Waals surface area contributed by atoms with Gasteiger partial charge < -0.3 is 10.6 Å². The molecule has 3 nitrogen and oxygen atoms in total. The van der Waals surface area contributed by atoms with E-state index in [1.54, 1.807) is 24.1 Å². The second-order valence-corrected chi connectivity index (χ2v) is 5.66. The molecule has 0 aromatic heterocycles. The predicted molar refractivity (Wildman–Crippen MR) is 70.3 cm³/mol. The number of carbonyl (C=O) groups is 1. The van der Waals surface area contributed by atoms with Crippen LogP contribution in [0.15, 0.2) is 24.3 Å². The molecule has 0 aliphatic rings. The molecule has 100 valence electrons. The van der Waals surface area contributed by atoms with E-state index in [-0.39, 0.29) is 17.1 Å². The molecule has 1 amide bonds. The van der Waals surface area contributed by atoms with E-state index in [2.05, 4.69) is 0 Å². The Morgan fingerprint density at radius 2 is 1.83 bits per heavy atom. The number of likely N-dealkylation sites (N-methyl/N-ethyl adjacent to an activating group) is 1. The molecule has 1 unspecified atom stereocenters. The van der Waals surface area contributed by atoms with Gasteiger partial charge in [-0.15, -0.1) is 0 Å². The lowest BCUT2D eigenvalue weighted by Crippen LogP contribution is -2.48. The molecule has 1 aromatic carbocycles. The van der Waals surface area contributed by atoms with Crippen molar-refractivity contribution in [1.29, 1.82) is 0 Å². The van der Waals surface area contributed by atoms with Crippen LogP contribution in [0.25, 0.3) is 0 Å². The Morgan fingerprint density at radius 3 is 2.28 bits per heavy atom. The first kappa shape index (κ1) is 14.6. The smallest absolute Gasteiger partial charge is 0.240 e. The Hall–Kier alpha value is -1.42. The molecule has 0 aliphatic carbocycles. The molecular formula is C14H21FN2O. The fraction of sp³-hybridized carbons (Fsp3) is 0.500. The Labute approximate surface area is 108 Å². The Morgan fingerprint density at radius 1 is 1.33 bits per heavy atom. The van der Waals surface area contributed by atoms with Gasteiger partial charge in [-0.05, 0) is 23.1 Å². The van der Waals surface area contributed by atoms with Crippen molar-refractivity contribution < 1.29 is 9.18 Å². The summed E-state index contributed by atoms with van der Waals surface area (Å²) < 4.78 is 12.8. The minimum Gasteiger partial charge on any atom is -0.340 e. The molecule has 0 aliphatic heterocycles. The van der Waals surface area contributed by atoms with Crippen LogP contribution in [0.2, 0.25) is 0 Å². The maximum Gasteiger partial charge on any atom is 0.240 e. The number of rotatable bonds is 3. The molecule has 2 N–H and O–H groups in total. The quantitative estimate of drug-likeness (QED) is 0.896. The van der Waals surface area contributed by atoms with Gasteiger partial charge in [-0.3, -0.25) is 4.79 Å². The lowest BCUT2D eigenvalue weighted by Gasteiger charge is -2.30. The summed E-state index contributed by atoms with van der Waals surface area (Å²) >= 11 is 0. The average Bonchev–Trinajstić information content (AvgIpc) is 2.29. The van der Waals surface area contributed by atoms with E-state index >= 15 is 0 Å². The highest BCUT2D eigenvalue weighted by Gasteiger charge is 2.29. The third kappa shape index (κ3) is 3.81.